The maximum atomic E-state index is 6.07. The minimum Gasteiger partial charge on any atom is -0.327 e. The summed E-state index contributed by atoms with van der Waals surface area (Å²) >= 11 is 0. The van der Waals surface area contributed by atoms with E-state index in [9.17, 15) is 0 Å². The number of hydrogen-bond donors (Lipinski definition) is 1. The van der Waals surface area contributed by atoms with Crippen LogP contribution >= 0.6 is 0 Å². The van der Waals surface area contributed by atoms with Gasteiger partial charge in [-0.3, -0.25) is 0 Å². The van der Waals surface area contributed by atoms with Gasteiger partial charge in [0.25, 0.3) is 0 Å². The Morgan fingerprint density at radius 3 is 2.29 bits per heavy atom. The Hall–Kier alpha value is -0.820. The van der Waals surface area contributed by atoms with Crippen LogP contribution in [0.2, 0.25) is 0 Å². The molecule has 1 unspecified atom stereocenters. The highest BCUT2D eigenvalue weighted by Gasteiger charge is 2.23. The van der Waals surface area contributed by atoms with E-state index in [1.54, 1.807) is 0 Å². The van der Waals surface area contributed by atoms with Gasteiger partial charge in [0.05, 0.1) is 0 Å². The van der Waals surface area contributed by atoms with E-state index in [0.717, 1.165) is 6.42 Å². The van der Waals surface area contributed by atoms with Gasteiger partial charge in [0.1, 0.15) is 0 Å². The Morgan fingerprint density at radius 1 is 1.00 bits per heavy atom. The second kappa shape index (κ2) is 4.61. The van der Waals surface area contributed by atoms with Crippen molar-refractivity contribution >= 4 is 0 Å². The van der Waals surface area contributed by atoms with Gasteiger partial charge < -0.3 is 5.73 Å². The van der Waals surface area contributed by atoms with Crippen molar-refractivity contribution in [3.63, 3.8) is 0 Å². The highest BCUT2D eigenvalue weighted by atomic mass is 14.7. The van der Waals surface area contributed by atoms with E-state index < -0.39 is 0 Å². The first-order valence-corrected chi connectivity index (χ1v) is 4.87. The lowest BCUT2D eigenvalue weighted by Crippen LogP contribution is -2.29. The van der Waals surface area contributed by atoms with Crippen molar-refractivity contribution in [1.82, 2.24) is 0 Å². The molecule has 0 amide bonds. The minimum absolute atomic E-state index is 0.118. The summed E-state index contributed by atoms with van der Waals surface area (Å²) in [5.74, 6) is 1.22. The van der Waals surface area contributed by atoms with Crippen LogP contribution in [-0.4, -0.2) is 6.04 Å². The summed E-state index contributed by atoms with van der Waals surface area (Å²) in [6.45, 7) is 0. The number of hydrogen-bond acceptors (Lipinski definition) is 1. The first-order valence-electron chi connectivity index (χ1n) is 4.87. The Morgan fingerprint density at radius 2 is 1.64 bits per heavy atom. The smallest absolute Gasteiger partial charge is 0.0148 e. The lowest BCUT2D eigenvalue weighted by Gasteiger charge is -2.17. The first kappa shape index (κ1) is 9.72. The third-order valence-electron chi connectivity index (χ3n) is 2.42. The summed E-state index contributed by atoms with van der Waals surface area (Å²) in [6, 6.07) is 10.5. The molecule has 1 fully saturated rings. The van der Waals surface area contributed by atoms with Crippen molar-refractivity contribution in [3.8, 4) is 0 Å². The lowest BCUT2D eigenvalue weighted by atomic mass is 9.93. The zero-order valence-electron chi connectivity index (χ0n) is 8.06. The minimum atomic E-state index is 0.118. The molecule has 0 saturated heterocycles. The first-order chi connectivity index (χ1) is 6.86. The van der Waals surface area contributed by atoms with Crippen LogP contribution in [0.15, 0.2) is 30.3 Å². The number of rotatable bonds is 3. The molecule has 0 heterocycles. The van der Waals surface area contributed by atoms with Crippen molar-refractivity contribution in [1.29, 1.82) is 0 Å². The Balaban J connectivity index is 1.90. The molecule has 1 aromatic carbocycles. The second-order valence-electron chi connectivity index (χ2n) is 3.51. The Bertz CT molecular complexity index is 262. The SMILES string of the molecule is NC(Cc1ccccc1)[C]1[CH][CH][CH][CH]1. The quantitative estimate of drug-likeness (QED) is 0.763. The van der Waals surface area contributed by atoms with Gasteiger partial charge >= 0.3 is 0 Å². The lowest BCUT2D eigenvalue weighted by molar-refractivity contribution is 0.717. The molecule has 0 bridgehead atoms. The molecule has 2 rings (SSSR count). The highest BCUT2D eigenvalue weighted by molar-refractivity contribution is 5.39. The summed E-state index contributed by atoms with van der Waals surface area (Å²) in [4.78, 5) is 0. The summed E-state index contributed by atoms with van der Waals surface area (Å²) < 4.78 is 0. The van der Waals surface area contributed by atoms with Crippen molar-refractivity contribution in [2.75, 3.05) is 0 Å². The van der Waals surface area contributed by atoms with Crippen LogP contribution in [0.1, 0.15) is 5.56 Å². The average Bonchev–Trinajstić information content (AvgIpc) is 2.72. The fraction of sp³-hybridized carbons (Fsp3) is 0.154. The molecule has 1 nitrogen and oxygen atoms in total. The molecule has 1 aliphatic rings. The van der Waals surface area contributed by atoms with Crippen molar-refractivity contribution in [3.05, 3.63) is 67.5 Å². The van der Waals surface area contributed by atoms with E-state index in [2.05, 4.69) is 25.0 Å². The molecule has 1 atom stereocenters. The standard InChI is InChI=1S/C13H14N/c14-13(12-8-4-5-9-12)10-11-6-2-1-3-7-11/h1-9,13H,10,14H2. The van der Waals surface area contributed by atoms with Crippen molar-refractivity contribution in [2.45, 2.75) is 12.5 Å². The molecule has 1 aliphatic carbocycles. The van der Waals surface area contributed by atoms with Gasteiger partial charge in [-0.1, -0.05) is 30.3 Å². The normalized spacial score (nSPS) is 19.8. The van der Waals surface area contributed by atoms with Gasteiger partial charge in [0, 0.05) is 12.0 Å². The van der Waals surface area contributed by atoms with Crippen LogP contribution < -0.4 is 5.73 Å². The predicted molar refractivity (Wildman–Crippen MR) is 58.6 cm³/mol. The molecule has 71 valence electrons. The monoisotopic (exact) mass is 184 g/mol. The zero-order chi connectivity index (χ0) is 9.80. The predicted octanol–water partition coefficient (Wildman–Crippen LogP) is 1.96. The molecule has 1 saturated carbocycles. The van der Waals surface area contributed by atoms with Crippen molar-refractivity contribution in [2.24, 2.45) is 5.73 Å². The molecule has 1 aromatic rings. The Kier molecular flexibility index (Phi) is 3.20. The van der Waals surface area contributed by atoms with Crippen LogP contribution in [-0.2, 0) is 6.42 Å². The Labute approximate surface area is 86.3 Å². The summed E-state index contributed by atoms with van der Waals surface area (Å²) in [7, 11) is 0. The topological polar surface area (TPSA) is 26.0 Å². The molecular formula is C13H14N. The highest BCUT2D eigenvalue weighted by Crippen LogP contribution is 2.26. The third-order valence-corrected chi connectivity index (χ3v) is 2.42. The van der Waals surface area contributed by atoms with Gasteiger partial charge in [0.2, 0.25) is 0 Å². The molecule has 14 heavy (non-hydrogen) atoms. The van der Waals surface area contributed by atoms with Gasteiger partial charge in [-0.05, 0) is 37.7 Å². The largest absolute Gasteiger partial charge is 0.327 e. The maximum absolute atomic E-state index is 6.07. The van der Waals surface area contributed by atoms with Crippen LogP contribution in [0.25, 0.3) is 0 Å². The van der Waals surface area contributed by atoms with E-state index in [1.165, 1.54) is 11.5 Å². The third kappa shape index (κ3) is 2.36. The van der Waals surface area contributed by atoms with E-state index >= 15 is 0 Å². The molecule has 0 aliphatic heterocycles. The molecule has 5 radical (unpaired) electrons. The van der Waals surface area contributed by atoms with Gasteiger partial charge in [-0.15, -0.1) is 0 Å². The summed E-state index contributed by atoms with van der Waals surface area (Å²) in [6.07, 6.45) is 9.12. The zero-order valence-corrected chi connectivity index (χ0v) is 8.06. The van der Waals surface area contributed by atoms with Crippen LogP contribution in [0.5, 0.6) is 0 Å². The summed E-state index contributed by atoms with van der Waals surface area (Å²) in [5, 5.41) is 0. The van der Waals surface area contributed by atoms with Gasteiger partial charge in [-0.2, -0.15) is 0 Å². The average molecular weight is 184 g/mol. The van der Waals surface area contributed by atoms with E-state index in [4.69, 9.17) is 5.73 Å². The number of nitrogens with two attached hydrogens (primary N) is 1. The molecule has 0 spiro atoms. The second-order valence-corrected chi connectivity index (χ2v) is 3.51. The fourth-order valence-electron chi connectivity index (χ4n) is 1.62. The van der Waals surface area contributed by atoms with Gasteiger partial charge in [0.15, 0.2) is 0 Å². The van der Waals surface area contributed by atoms with E-state index in [1.807, 2.05) is 31.0 Å². The van der Waals surface area contributed by atoms with Crippen LogP contribution in [0.4, 0.5) is 0 Å². The maximum Gasteiger partial charge on any atom is 0.0148 e. The van der Waals surface area contributed by atoms with E-state index in [-0.39, 0.29) is 6.04 Å². The molecule has 2 N–H and O–H groups in total. The van der Waals surface area contributed by atoms with Crippen LogP contribution in [0, 0.1) is 31.6 Å². The van der Waals surface area contributed by atoms with Crippen LogP contribution in [0.3, 0.4) is 0 Å². The molecular weight excluding hydrogens is 170 g/mol. The summed E-state index contributed by atoms with van der Waals surface area (Å²) in [5.41, 5.74) is 7.36. The molecule has 0 aromatic heterocycles. The molecule has 1 heteroatoms. The van der Waals surface area contributed by atoms with Crippen molar-refractivity contribution < 1.29 is 0 Å². The van der Waals surface area contributed by atoms with E-state index in [0.29, 0.717) is 0 Å². The van der Waals surface area contributed by atoms with Gasteiger partial charge in [-0.25, -0.2) is 0 Å². The fourth-order valence-corrected chi connectivity index (χ4v) is 1.62. The number of benzene rings is 1.